The molecule has 1 aliphatic rings. The third kappa shape index (κ3) is 2.05. The van der Waals surface area contributed by atoms with Crippen molar-refractivity contribution in [2.75, 3.05) is 6.61 Å². The van der Waals surface area contributed by atoms with E-state index in [2.05, 4.69) is 16.0 Å². The van der Waals surface area contributed by atoms with Crippen LogP contribution in [0.3, 0.4) is 0 Å². The first-order valence-electron chi connectivity index (χ1n) is 5.70. The molecule has 1 aromatic heterocycles. The van der Waals surface area contributed by atoms with Gasteiger partial charge in [-0.15, -0.1) is 0 Å². The lowest BCUT2D eigenvalue weighted by molar-refractivity contribution is 0.283. The molecule has 1 aromatic rings. The molecule has 0 saturated heterocycles. The minimum Gasteiger partial charge on any atom is -0.395 e. The Morgan fingerprint density at radius 1 is 1.31 bits per heavy atom. The van der Waals surface area contributed by atoms with E-state index >= 15 is 0 Å². The summed E-state index contributed by atoms with van der Waals surface area (Å²) in [4.78, 5) is 8.47. The summed E-state index contributed by atoms with van der Waals surface area (Å²) in [7, 11) is 0. The summed E-state index contributed by atoms with van der Waals surface area (Å²) in [6.07, 6.45) is 6.89. The van der Waals surface area contributed by atoms with Gasteiger partial charge in [-0.1, -0.05) is 6.42 Å². The maximum Gasteiger partial charge on any atom is 0.116 e. The molecule has 0 aliphatic heterocycles. The molecule has 0 bridgehead atoms. The van der Waals surface area contributed by atoms with Gasteiger partial charge in [0.15, 0.2) is 0 Å². The Bertz CT molecular complexity index is 411. The molecule has 4 nitrogen and oxygen atoms in total. The van der Waals surface area contributed by atoms with Crippen LogP contribution in [-0.4, -0.2) is 21.7 Å². The highest BCUT2D eigenvalue weighted by atomic mass is 16.3. The monoisotopic (exact) mass is 217 g/mol. The lowest BCUT2D eigenvalue weighted by Gasteiger charge is -2.12. The van der Waals surface area contributed by atoms with Gasteiger partial charge in [0.2, 0.25) is 0 Å². The van der Waals surface area contributed by atoms with Gasteiger partial charge < -0.3 is 5.11 Å². The lowest BCUT2D eigenvalue weighted by atomic mass is 9.98. The van der Waals surface area contributed by atoms with Crippen molar-refractivity contribution in [3.8, 4) is 6.07 Å². The Labute approximate surface area is 95.0 Å². The highest BCUT2D eigenvalue weighted by molar-refractivity contribution is 5.31. The molecule has 1 atom stereocenters. The number of aryl methyl sites for hydroxylation is 1. The predicted molar refractivity (Wildman–Crippen MR) is 58.7 cm³/mol. The van der Waals surface area contributed by atoms with Crippen molar-refractivity contribution in [1.29, 1.82) is 5.26 Å². The number of aliphatic hydroxyl groups excluding tert-OH is 1. The third-order valence-corrected chi connectivity index (χ3v) is 3.08. The number of rotatable bonds is 2. The fraction of sp³-hybridized carbons (Fsp3) is 0.583. The lowest BCUT2D eigenvalue weighted by Crippen LogP contribution is -2.11. The maximum absolute atomic E-state index is 9.17. The van der Waals surface area contributed by atoms with E-state index in [4.69, 9.17) is 10.4 Å². The average Bonchev–Trinajstić information content (AvgIpc) is 2.56. The Morgan fingerprint density at radius 2 is 2.12 bits per heavy atom. The average molecular weight is 217 g/mol. The Morgan fingerprint density at radius 3 is 2.88 bits per heavy atom. The zero-order chi connectivity index (χ0) is 11.4. The molecular weight excluding hydrogens is 202 g/mol. The first-order valence-corrected chi connectivity index (χ1v) is 5.70. The third-order valence-electron chi connectivity index (χ3n) is 3.08. The molecule has 0 saturated carbocycles. The van der Waals surface area contributed by atoms with E-state index in [1.165, 1.54) is 12.7 Å². The van der Waals surface area contributed by atoms with E-state index in [1.54, 1.807) is 0 Å². The normalized spacial score (nSPS) is 17.0. The van der Waals surface area contributed by atoms with Gasteiger partial charge in [0.05, 0.1) is 18.4 Å². The highest BCUT2D eigenvalue weighted by Gasteiger charge is 2.20. The number of hydrogen-bond donors (Lipinski definition) is 1. The predicted octanol–water partition coefficient (Wildman–Crippen LogP) is 1.34. The zero-order valence-corrected chi connectivity index (χ0v) is 9.19. The van der Waals surface area contributed by atoms with Gasteiger partial charge in [-0.2, -0.15) is 5.26 Å². The molecule has 0 radical (unpaired) electrons. The summed E-state index contributed by atoms with van der Waals surface area (Å²) in [5.74, 6) is -0.505. The van der Waals surface area contributed by atoms with Crippen molar-refractivity contribution in [1.82, 2.24) is 9.97 Å². The molecule has 0 amide bonds. The number of aromatic nitrogens is 2. The number of hydrogen-bond acceptors (Lipinski definition) is 4. The first-order chi connectivity index (χ1) is 7.86. The van der Waals surface area contributed by atoms with Crippen molar-refractivity contribution in [3.63, 3.8) is 0 Å². The minimum atomic E-state index is -0.505. The van der Waals surface area contributed by atoms with Crippen LogP contribution in [0.2, 0.25) is 0 Å². The largest absolute Gasteiger partial charge is 0.395 e. The molecule has 0 fully saturated rings. The van der Waals surface area contributed by atoms with Gasteiger partial charge in [0, 0.05) is 5.69 Å². The second kappa shape index (κ2) is 5.04. The SMILES string of the molecule is N#CC(CO)c1ncnc2c1CCCCC2. The topological polar surface area (TPSA) is 69.8 Å². The molecule has 0 spiro atoms. The van der Waals surface area contributed by atoms with Gasteiger partial charge >= 0.3 is 0 Å². The number of nitrogens with zero attached hydrogens (tertiary/aromatic N) is 3. The summed E-state index contributed by atoms with van der Waals surface area (Å²) in [5, 5.41) is 18.1. The van der Waals surface area contributed by atoms with Crippen molar-refractivity contribution in [2.45, 2.75) is 38.0 Å². The molecule has 4 heteroatoms. The van der Waals surface area contributed by atoms with Crippen LogP contribution in [0.1, 0.15) is 42.1 Å². The molecule has 16 heavy (non-hydrogen) atoms. The van der Waals surface area contributed by atoms with Gasteiger partial charge in [-0.05, 0) is 31.2 Å². The summed E-state index contributed by atoms with van der Waals surface area (Å²) in [6, 6.07) is 2.10. The number of aliphatic hydroxyl groups is 1. The van der Waals surface area contributed by atoms with E-state index in [0.29, 0.717) is 0 Å². The standard InChI is InChI=1S/C12H15N3O/c13-6-9(7-16)12-10-4-2-1-3-5-11(10)14-8-15-12/h8-9,16H,1-5,7H2. The molecule has 2 rings (SSSR count). The van der Waals surface area contributed by atoms with Crippen molar-refractivity contribution >= 4 is 0 Å². The summed E-state index contributed by atoms with van der Waals surface area (Å²) < 4.78 is 0. The fourth-order valence-corrected chi connectivity index (χ4v) is 2.21. The van der Waals surface area contributed by atoms with E-state index in [-0.39, 0.29) is 6.61 Å². The van der Waals surface area contributed by atoms with Gasteiger partial charge in [-0.25, -0.2) is 9.97 Å². The minimum absolute atomic E-state index is 0.167. The molecular formula is C12H15N3O. The van der Waals surface area contributed by atoms with Crippen molar-refractivity contribution < 1.29 is 5.11 Å². The van der Waals surface area contributed by atoms with Crippen LogP contribution in [0.5, 0.6) is 0 Å². The van der Waals surface area contributed by atoms with Crippen LogP contribution in [0.25, 0.3) is 0 Å². The van der Waals surface area contributed by atoms with Crippen LogP contribution in [0.15, 0.2) is 6.33 Å². The van der Waals surface area contributed by atoms with Gasteiger partial charge in [-0.3, -0.25) is 0 Å². The maximum atomic E-state index is 9.17. The Balaban J connectivity index is 2.42. The van der Waals surface area contributed by atoms with Crippen LogP contribution in [-0.2, 0) is 12.8 Å². The Hall–Kier alpha value is -1.47. The smallest absolute Gasteiger partial charge is 0.116 e. The molecule has 84 valence electrons. The van der Waals surface area contributed by atoms with Crippen LogP contribution < -0.4 is 0 Å². The first kappa shape index (κ1) is 11.0. The van der Waals surface area contributed by atoms with Gasteiger partial charge in [0.25, 0.3) is 0 Å². The molecule has 1 N–H and O–H groups in total. The van der Waals surface area contributed by atoms with Crippen LogP contribution in [0.4, 0.5) is 0 Å². The van der Waals surface area contributed by atoms with Crippen molar-refractivity contribution in [2.24, 2.45) is 0 Å². The van der Waals surface area contributed by atoms with Crippen molar-refractivity contribution in [3.05, 3.63) is 23.3 Å². The molecule has 1 heterocycles. The zero-order valence-electron chi connectivity index (χ0n) is 9.19. The number of nitriles is 1. The number of fused-ring (bicyclic) bond motifs is 1. The quantitative estimate of drug-likeness (QED) is 0.759. The summed E-state index contributed by atoms with van der Waals surface area (Å²) >= 11 is 0. The molecule has 1 aliphatic carbocycles. The summed E-state index contributed by atoms with van der Waals surface area (Å²) in [6.45, 7) is -0.167. The highest BCUT2D eigenvalue weighted by Crippen LogP contribution is 2.25. The van der Waals surface area contributed by atoms with E-state index in [0.717, 1.165) is 42.6 Å². The molecule has 0 aromatic carbocycles. The molecule has 1 unspecified atom stereocenters. The van der Waals surface area contributed by atoms with Crippen LogP contribution in [0, 0.1) is 11.3 Å². The second-order valence-electron chi connectivity index (χ2n) is 4.11. The Kier molecular flexibility index (Phi) is 3.47. The fourth-order valence-electron chi connectivity index (χ4n) is 2.21. The van der Waals surface area contributed by atoms with E-state index < -0.39 is 5.92 Å². The van der Waals surface area contributed by atoms with E-state index in [1.807, 2.05) is 0 Å². The van der Waals surface area contributed by atoms with E-state index in [9.17, 15) is 0 Å². The van der Waals surface area contributed by atoms with Crippen LogP contribution >= 0.6 is 0 Å². The van der Waals surface area contributed by atoms with Gasteiger partial charge in [0.1, 0.15) is 12.2 Å². The summed E-state index contributed by atoms with van der Waals surface area (Å²) in [5.41, 5.74) is 2.90. The second-order valence-corrected chi connectivity index (χ2v) is 4.11.